The van der Waals surface area contributed by atoms with Crippen molar-refractivity contribution in [3.05, 3.63) is 59.4 Å². The fourth-order valence-corrected chi connectivity index (χ4v) is 2.14. The number of aromatic nitrogens is 1. The van der Waals surface area contributed by atoms with Crippen molar-refractivity contribution in [1.82, 2.24) is 4.98 Å². The number of hydrogen-bond donors (Lipinski definition) is 1. The average molecular weight is 317 g/mol. The lowest BCUT2D eigenvalue weighted by Gasteiger charge is -2.17. The maximum absolute atomic E-state index is 13.2. The SMILES string of the molecule is CCc1ccc(N(C)C(=O)C(=N)Cc2cc(F)cc(F)c2)cn1. The van der Waals surface area contributed by atoms with E-state index in [0.717, 1.165) is 30.3 Å². The highest BCUT2D eigenvalue weighted by Gasteiger charge is 2.17. The minimum atomic E-state index is -0.729. The molecule has 2 rings (SSSR count). The molecule has 1 heterocycles. The highest BCUT2D eigenvalue weighted by atomic mass is 19.1. The number of carbonyl (C=O) groups is 1. The van der Waals surface area contributed by atoms with Crippen LogP contribution < -0.4 is 4.90 Å². The van der Waals surface area contributed by atoms with Crippen LogP contribution in [0, 0.1) is 17.0 Å². The van der Waals surface area contributed by atoms with Gasteiger partial charge >= 0.3 is 0 Å². The monoisotopic (exact) mass is 317 g/mol. The zero-order chi connectivity index (χ0) is 17.0. The quantitative estimate of drug-likeness (QED) is 0.861. The van der Waals surface area contributed by atoms with Crippen molar-refractivity contribution in [2.45, 2.75) is 19.8 Å². The summed E-state index contributed by atoms with van der Waals surface area (Å²) in [4.78, 5) is 17.8. The molecule has 0 radical (unpaired) electrons. The third-order valence-electron chi connectivity index (χ3n) is 3.42. The molecule has 0 aliphatic rings. The Morgan fingerprint density at radius 2 is 1.87 bits per heavy atom. The van der Waals surface area contributed by atoms with E-state index < -0.39 is 17.5 Å². The third-order valence-corrected chi connectivity index (χ3v) is 3.42. The van der Waals surface area contributed by atoms with E-state index in [0.29, 0.717) is 5.69 Å². The van der Waals surface area contributed by atoms with Gasteiger partial charge in [-0.1, -0.05) is 6.92 Å². The summed E-state index contributed by atoms with van der Waals surface area (Å²) in [6.07, 6.45) is 2.21. The van der Waals surface area contributed by atoms with Crippen LogP contribution in [0.5, 0.6) is 0 Å². The van der Waals surface area contributed by atoms with Gasteiger partial charge in [-0.25, -0.2) is 8.78 Å². The molecule has 1 amide bonds. The highest BCUT2D eigenvalue weighted by Crippen LogP contribution is 2.14. The van der Waals surface area contributed by atoms with E-state index in [9.17, 15) is 13.6 Å². The van der Waals surface area contributed by atoms with Crippen LogP contribution in [0.3, 0.4) is 0 Å². The molecule has 1 aromatic carbocycles. The summed E-state index contributed by atoms with van der Waals surface area (Å²) in [5, 5.41) is 7.87. The van der Waals surface area contributed by atoms with E-state index in [4.69, 9.17) is 5.41 Å². The maximum Gasteiger partial charge on any atom is 0.272 e. The number of halogens is 2. The molecule has 0 aliphatic heterocycles. The van der Waals surface area contributed by atoms with Gasteiger partial charge in [-0.15, -0.1) is 0 Å². The second kappa shape index (κ2) is 7.09. The Hall–Kier alpha value is -2.63. The van der Waals surface area contributed by atoms with Gasteiger partial charge in [-0.3, -0.25) is 15.2 Å². The number of pyridine rings is 1. The van der Waals surface area contributed by atoms with Crippen molar-refractivity contribution >= 4 is 17.3 Å². The van der Waals surface area contributed by atoms with E-state index in [1.54, 1.807) is 12.3 Å². The van der Waals surface area contributed by atoms with Crippen LogP contribution in [-0.2, 0) is 17.6 Å². The van der Waals surface area contributed by atoms with E-state index in [1.807, 2.05) is 13.0 Å². The molecule has 23 heavy (non-hydrogen) atoms. The minimum Gasteiger partial charge on any atom is -0.309 e. The third kappa shape index (κ3) is 4.18. The lowest BCUT2D eigenvalue weighted by atomic mass is 10.1. The van der Waals surface area contributed by atoms with Crippen LogP contribution >= 0.6 is 0 Å². The lowest BCUT2D eigenvalue weighted by Crippen LogP contribution is -2.34. The van der Waals surface area contributed by atoms with E-state index in [1.165, 1.54) is 11.9 Å². The molecule has 0 saturated heterocycles. The molecule has 120 valence electrons. The fraction of sp³-hybridized carbons (Fsp3) is 0.235. The summed E-state index contributed by atoms with van der Waals surface area (Å²) in [5.74, 6) is -2.00. The van der Waals surface area contributed by atoms with Gasteiger partial charge in [0.2, 0.25) is 0 Å². The number of nitrogens with one attached hydrogen (secondary N) is 1. The summed E-state index contributed by atoms with van der Waals surface area (Å²) < 4.78 is 26.3. The molecule has 1 aromatic heterocycles. The number of aryl methyl sites for hydroxylation is 1. The van der Waals surface area contributed by atoms with Gasteiger partial charge in [-0.2, -0.15) is 0 Å². The second-order valence-electron chi connectivity index (χ2n) is 5.16. The van der Waals surface area contributed by atoms with Gasteiger partial charge in [0, 0.05) is 25.2 Å². The Balaban J connectivity index is 2.10. The molecule has 0 atom stereocenters. The first kappa shape index (κ1) is 16.7. The normalized spacial score (nSPS) is 10.4. The molecule has 0 saturated carbocycles. The van der Waals surface area contributed by atoms with Gasteiger partial charge < -0.3 is 4.90 Å². The van der Waals surface area contributed by atoms with Gasteiger partial charge in [0.15, 0.2) is 0 Å². The average Bonchev–Trinajstić information content (AvgIpc) is 2.52. The van der Waals surface area contributed by atoms with E-state index in [2.05, 4.69) is 4.98 Å². The topological polar surface area (TPSA) is 57.1 Å². The predicted molar refractivity (Wildman–Crippen MR) is 84.8 cm³/mol. The Kier molecular flexibility index (Phi) is 5.16. The van der Waals surface area contributed by atoms with Crippen LogP contribution in [-0.4, -0.2) is 23.7 Å². The number of carbonyl (C=O) groups excluding carboxylic acids is 1. The predicted octanol–water partition coefficient (Wildman–Crippen LogP) is 3.15. The van der Waals surface area contributed by atoms with Gasteiger partial charge in [0.1, 0.15) is 17.3 Å². The van der Waals surface area contributed by atoms with Gasteiger partial charge in [0.25, 0.3) is 5.91 Å². The Morgan fingerprint density at radius 1 is 1.22 bits per heavy atom. The standard InChI is InChI=1S/C17H17F2N3O/c1-3-14-4-5-15(10-21-14)22(2)17(23)16(20)8-11-6-12(18)9-13(19)7-11/h4-7,9-10,20H,3,8H2,1-2H3. The summed E-state index contributed by atoms with van der Waals surface area (Å²) in [6, 6.07) is 6.54. The van der Waals surface area contributed by atoms with Crippen molar-refractivity contribution in [2.24, 2.45) is 0 Å². The summed E-state index contributed by atoms with van der Waals surface area (Å²) >= 11 is 0. The highest BCUT2D eigenvalue weighted by molar-refractivity contribution is 6.42. The van der Waals surface area contributed by atoms with Crippen molar-refractivity contribution in [3.63, 3.8) is 0 Å². The largest absolute Gasteiger partial charge is 0.309 e. The zero-order valence-electron chi connectivity index (χ0n) is 12.9. The van der Waals surface area contributed by atoms with Crippen LogP contribution in [0.1, 0.15) is 18.2 Å². The first-order valence-electron chi connectivity index (χ1n) is 7.16. The van der Waals surface area contributed by atoms with E-state index >= 15 is 0 Å². The van der Waals surface area contributed by atoms with E-state index in [-0.39, 0.29) is 17.7 Å². The molecule has 0 aliphatic carbocycles. The number of rotatable bonds is 5. The Morgan fingerprint density at radius 3 is 2.39 bits per heavy atom. The zero-order valence-corrected chi connectivity index (χ0v) is 12.9. The molecule has 0 unspecified atom stereocenters. The Labute approximate surface area is 133 Å². The Bertz CT molecular complexity index is 709. The van der Waals surface area contributed by atoms with Gasteiger partial charge in [-0.05, 0) is 36.2 Å². The van der Waals surface area contributed by atoms with Crippen LogP contribution in [0.4, 0.5) is 14.5 Å². The van der Waals surface area contributed by atoms with Crippen molar-refractivity contribution in [1.29, 1.82) is 5.41 Å². The number of anilines is 1. The second-order valence-corrected chi connectivity index (χ2v) is 5.16. The number of benzene rings is 1. The molecule has 0 fully saturated rings. The van der Waals surface area contributed by atoms with Crippen LogP contribution in [0.15, 0.2) is 36.5 Å². The van der Waals surface area contributed by atoms with Gasteiger partial charge in [0.05, 0.1) is 11.9 Å². The molecule has 0 spiro atoms. The fourth-order valence-electron chi connectivity index (χ4n) is 2.14. The number of amides is 1. The molecule has 0 bridgehead atoms. The maximum atomic E-state index is 13.2. The molecule has 2 aromatic rings. The van der Waals surface area contributed by atoms with Crippen molar-refractivity contribution in [2.75, 3.05) is 11.9 Å². The summed E-state index contributed by atoms with van der Waals surface area (Å²) in [6.45, 7) is 1.98. The summed E-state index contributed by atoms with van der Waals surface area (Å²) in [5.41, 5.74) is 1.45. The molecular weight excluding hydrogens is 300 g/mol. The van der Waals surface area contributed by atoms with Crippen LogP contribution in [0.2, 0.25) is 0 Å². The summed E-state index contributed by atoms with van der Waals surface area (Å²) in [7, 11) is 1.53. The van der Waals surface area contributed by atoms with Crippen molar-refractivity contribution < 1.29 is 13.6 Å². The van der Waals surface area contributed by atoms with Crippen LogP contribution in [0.25, 0.3) is 0 Å². The molecule has 4 nitrogen and oxygen atoms in total. The smallest absolute Gasteiger partial charge is 0.272 e. The molecule has 6 heteroatoms. The minimum absolute atomic E-state index is 0.141. The molecule has 1 N–H and O–H groups in total. The number of nitrogens with zero attached hydrogens (tertiary/aromatic N) is 2. The van der Waals surface area contributed by atoms with Crippen molar-refractivity contribution in [3.8, 4) is 0 Å². The number of hydrogen-bond acceptors (Lipinski definition) is 3. The molecular formula is C17H17F2N3O. The first-order chi connectivity index (χ1) is 10.9. The first-order valence-corrected chi connectivity index (χ1v) is 7.16. The lowest BCUT2D eigenvalue weighted by molar-refractivity contribution is -0.112.